The van der Waals surface area contributed by atoms with Crippen LogP contribution in [-0.2, 0) is 0 Å². The number of nitrogens with two attached hydrogens (primary N) is 1. The Morgan fingerprint density at radius 1 is 1.11 bits per heavy atom. The van der Waals surface area contributed by atoms with Crippen LogP contribution in [0.2, 0.25) is 0 Å². The van der Waals surface area contributed by atoms with E-state index in [1.807, 2.05) is 0 Å². The second-order valence-corrected chi connectivity index (χ2v) is 4.80. The average Bonchev–Trinajstić information content (AvgIpc) is 2.41. The molecule has 0 saturated carbocycles. The summed E-state index contributed by atoms with van der Waals surface area (Å²) in [5.74, 6) is -0.230. The first-order valence-electron chi connectivity index (χ1n) is 6.39. The fraction of sp³-hybridized carbons (Fsp3) is 0.250. The van der Waals surface area contributed by atoms with Crippen LogP contribution in [0.1, 0.15) is 22.7 Å². The van der Waals surface area contributed by atoms with Gasteiger partial charge in [-0.1, -0.05) is 24.3 Å². The SMILES string of the molecule is Cc1ccc(C)c(NC(CN)c2ccc(F)cc2)c1. The molecule has 1 atom stereocenters. The molecule has 2 nitrogen and oxygen atoms in total. The minimum Gasteiger partial charge on any atom is -0.377 e. The quantitative estimate of drug-likeness (QED) is 0.880. The molecule has 0 aliphatic carbocycles. The summed E-state index contributed by atoms with van der Waals surface area (Å²) in [5, 5.41) is 3.43. The number of hydrogen-bond donors (Lipinski definition) is 2. The van der Waals surface area contributed by atoms with Crippen molar-refractivity contribution in [3.63, 3.8) is 0 Å². The number of aryl methyl sites for hydroxylation is 2. The molecule has 100 valence electrons. The van der Waals surface area contributed by atoms with Gasteiger partial charge in [0, 0.05) is 12.2 Å². The van der Waals surface area contributed by atoms with Crippen molar-refractivity contribution < 1.29 is 4.39 Å². The van der Waals surface area contributed by atoms with Gasteiger partial charge in [-0.15, -0.1) is 0 Å². The van der Waals surface area contributed by atoms with E-state index in [2.05, 4.69) is 37.4 Å². The largest absolute Gasteiger partial charge is 0.377 e. The maximum atomic E-state index is 12.9. The van der Waals surface area contributed by atoms with Crippen molar-refractivity contribution in [2.24, 2.45) is 5.73 Å². The number of nitrogens with one attached hydrogen (secondary N) is 1. The molecule has 0 radical (unpaired) electrons. The lowest BCUT2D eigenvalue weighted by molar-refractivity contribution is 0.626. The van der Waals surface area contributed by atoms with Gasteiger partial charge in [0.15, 0.2) is 0 Å². The topological polar surface area (TPSA) is 38.0 Å². The van der Waals surface area contributed by atoms with Gasteiger partial charge >= 0.3 is 0 Å². The molecule has 0 bridgehead atoms. The van der Waals surface area contributed by atoms with Gasteiger partial charge in [0.05, 0.1) is 6.04 Å². The molecule has 0 heterocycles. The van der Waals surface area contributed by atoms with Crippen molar-refractivity contribution >= 4 is 5.69 Å². The Morgan fingerprint density at radius 3 is 2.42 bits per heavy atom. The van der Waals surface area contributed by atoms with Crippen LogP contribution in [0.5, 0.6) is 0 Å². The van der Waals surface area contributed by atoms with Crippen LogP contribution in [0.4, 0.5) is 10.1 Å². The van der Waals surface area contributed by atoms with Gasteiger partial charge in [-0.25, -0.2) is 4.39 Å². The van der Waals surface area contributed by atoms with E-state index in [9.17, 15) is 4.39 Å². The Balaban J connectivity index is 2.23. The minimum atomic E-state index is -0.230. The smallest absolute Gasteiger partial charge is 0.123 e. The van der Waals surface area contributed by atoms with E-state index < -0.39 is 0 Å². The molecule has 3 N–H and O–H groups in total. The Hall–Kier alpha value is -1.87. The van der Waals surface area contributed by atoms with Crippen molar-refractivity contribution in [2.75, 3.05) is 11.9 Å². The molecular formula is C16H19FN2. The number of anilines is 1. The summed E-state index contributed by atoms with van der Waals surface area (Å²) < 4.78 is 12.9. The Kier molecular flexibility index (Phi) is 4.17. The zero-order valence-corrected chi connectivity index (χ0v) is 11.3. The molecule has 0 aliphatic heterocycles. The summed E-state index contributed by atoms with van der Waals surface area (Å²) in [5.41, 5.74) is 10.3. The third-order valence-electron chi connectivity index (χ3n) is 3.23. The third-order valence-corrected chi connectivity index (χ3v) is 3.23. The molecule has 0 amide bonds. The van der Waals surface area contributed by atoms with Crippen molar-refractivity contribution in [2.45, 2.75) is 19.9 Å². The lowest BCUT2D eigenvalue weighted by Crippen LogP contribution is -2.21. The molecule has 19 heavy (non-hydrogen) atoms. The highest BCUT2D eigenvalue weighted by atomic mass is 19.1. The average molecular weight is 258 g/mol. The molecule has 0 aliphatic rings. The molecule has 2 aromatic carbocycles. The van der Waals surface area contributed by atoms with Crippen molar-refractivity contribution in [3.8, 4) is 0 Å². The first-order chi connectivity index (χ1) is 9.10. The van der Waals surface area contributed by atoms with Crippen LogP contribution in [0.25, 0.3) is 0 Å². The van der Waals surface area contributed by atoms with E-state index in [0.29, 0.717) is 6.54 Å². The van der Waals surface area contributed by atoms with Gasteiger partial charge in [-0.05, 0) is 48.7 Å². The fourth-order valence-electron chi connectivity index (χ4n) is 2.05. The Morgan fingerprint density at radius 2 is 1.79 bits per heavy atom. The molecule has 0 aromatic heterocycles. The van der Waals surface area contributed by atoms with E-state index in [1.54, 1.807) is 12.1 Å². The predicted molar refractivity (Wildman–Crippen MR) is 77.7 cm³/mol. The zero-order chi connectivity index (χ0) is 13.8. The van der Waals surface area contributed by atoms with Gasteiger partial charge in [-0.3, -0.25) is 0 Å². The van der Waals surface area contributed by atoms with Crippen molar-refractivity contribution in [3.05, 3.63) is 65.0 Å². The molecule has 3 heteroatoms. The lowest BCUT2D eigenvalue weighted by Gasteiger charge is -2.20. The summed E-state index contributed by atoms with van der Waals surface area (Å²) in [4.78, 5) is 0. The summed E-state index contributed by atoms with van der Waals surface area (Å²) in [7, 11) is 0. The normalized spacial score (nSPS) is 12.2. The highest BCUT2D eigenvalue weighted by Crippen LogP contribution is 2.23. The number of halogens is 1. The molecule has 2 aromatic rings. The molecule has 0 fully saturated rings. The summed E-state index contributed by atoms with van der Waals surface area (Å²) in [6.45, 7) is 4.57. The first-order valence-corrected chi connectivity index (χ1v) is 6.39. The first kappa shape index (κ1) is 13.6. The van der Waals surface area contributed by atoms with Crippen LogP contribution in [0.15, 0.2) is 42.5 Å². The van der Waals surface area contributed by atoms with Gasteiger partial charge in [0.2, 0.25) is 0 Å². The maximum absolute atomic E-state index is 12.9. The highest BCUT2D eigenvalue weighted by Gasteiger charge is 2.10. The van der Waals surface area contributed by atoms with Crippen molar-refractivity contribution in [1.82, 2.24) is 0 Å². The Labute approximate surface area is 113 Å². The van der Waals surface area contributed by atoms with E-state index in [-0.39, 0.29) is 11.9 Å². The van der Waals surface area contributed by atoms with E-state index >= 15 is 0 Å². The van der Waals surface area contributed by atoms with Gasteiger partial charge in [0.25, 0.3) is 0 Å². The molecule has 2 rings (SSSR count). The summed E-state index contributed by atoms with van der Waals surface area (Å²) >= 11 is 0. The van der Waals surface area contributed by atoms with Gasteiger partial charge in [-0.2, -0.15) is 0 Å². The molecule has 1 unspecified atom stereocenters. The standard InChI is InChI=1S/C16H19FN2/c1-11-3-4-12(2)15(9-11)19-16(10-18)13-5-7-14(17)8-6-13/h3-9,16,19H,10,18H2,1-2H3. The number of benzene rings is 2. The predicted octanol–water partition coefficient (Wildman–Crippen LogP) is 3.55. The fourth-order valence-corrected chi connectivity index (χ4v) is 2.05. The van der Waals surface area contributed by atoms with Gasteiger partial charge < -0.3 is 11.1 Å². The van der Waals surface area contributed by atoms with Crippen LogP contribution in [0, 0.1) is 19.7 Å². The molecule has 0 spiro atoms. The van der Waals surface area contributed by atoms with Crippen LogP contribution >= 0.6 is 0 Å². The second kappa shape index (κ2) is 5.85. The number of rotatable bonds is 4. The summed E-state index contributed by atoms with van der Waals surface area (Å²) in [6, 6.07) is 12.7. The maximum Gasteiger partial charge on any atom is 0.123 e. The third kappa shape index (κ3) is 3.32. The molecule has 0 saturated heterocycles. The van der Waals surface area contributed by atoms with Crippen molar-refractivity contribution in [1.29, 1.82) is 0 Å². The number of hydrogen-bond acceptors (Lipinski definition) is 2. The van der Waals surface area contributed by atoms with Crippen LogP contribution in [0.3, 0.4) is 0 Å². The van der Waals surface area contributed by atoms with E-state index in [1.165, 1.54) is 23.3 Å². The van der Waals surface area contributed by atoms with Gasteiger partial charge in [0.1, 0.15) is 5.82 Å². The molecular weight excluding hydrogens is 239 g/mol. The zero-order valence-electron chi connectivity index (χ0n) is 11.3. The van der Waals surface area contributed by atoms with Crippen LogP contribution in [-0.4, -0.2) is 6.54 Å². The van der Waals surface area contributed by atoms with E-state index in [0.717, 1.165) is 11.3 Å². The highest BCUT2D eigenvalue weighted by molar-refractivity contribution is 5.54. The summed E-state index contributed by atoms with van der Waals surface area (Å²) in [6.07, 6.45) is 0. The monoisotopic (exact) mass is 258 g/mol. The minimum absolute atomic E-state index is 0.0129. The second-order valence-electron chi connectivity index (χ2n) is 4.80. The Bertz CT molecular complexity index is 549. The van der Waals surface area contributed by atoms with Crippen LogP contribution < -0.4 is 11.1 Å². The van der Waals surface area contributed by atoms with E-state index in [4.69, 9.17) is 5.73 Å². The lowest BCUT2D eigenvalue weighted by atomic mass is 10.0.